The van der Waals surface area contributed by atoms with Crippen LogP contribution in [0.15, 0.2) is 30.5 Å². The molecule has 0 radical (unpaired) electrons. The Kier molecular flexibility index (Phi) is 3.89. The van der Waals surface area contributed by atoms with Crippen LogP contribution >= 0.6 is 11.6 Å². The highest BCUT2D eigenvalue weighted by Gasteiger charge is 2.19. The molecule has 1 atom stereocenters. The van der Waals surface area contributed by atoms with Crippen LogP contribution in [0, 0.1) is 0 Å². The number of ether oxygens (including phenoxy) is 1. The van der Waals surface area contributed by atoms with Gasteiger partial charge in [0.1, 0.15) is 5.75 Å². The monoisotopic (exact) mass is 265 g/mol. The van der Waals surface area contributed by atoms with Gasteiger partial charge in [0.05, 0.1) is 30.1 Å². The van der Waals surface area contributed by atoms with E-state index < -0.39 is 0 Å². The van der Waals surface area contributed by atoms with Gasteiger partial charge in [0.25, 0.3) is 0 Å². The van der Waals surface area contributed by atoms with Crippen LogP contribution in [0.4, 0.5) is 0 Å². The molecule has 96 valence electrons. The molecule has 4 nitrogen and oxygen atoms in total. The van der Waals surface area contributed by atoms with E-state index in [2.05, 4.69) is 10.4 Å². The van der Waals surface area contributed by atoms with Crippen molar-refractivity contribution >= 4 is 11.6 Å². The van der Waals surface area contributed by atoms with Gasteiger partial charge in [0.15, 0.2) is 0 Å². The van der Waals surface area contributed by atoms with Gasteiger partial charge >= 0.3 is 0 Å². The van der Waals surface area contributed by atoms with Crippen LogP contribution in [-0.2, 0) is 7.05 Å². The van der Waals surface area contributed by atoms with Crippen molar-refractivity contribution in [2.45, 2.75) is 6.04 Å². The highest BCUT2D eigenvalue weighted by atomic mass is 35.5. The molecule has 0 bridgehead atoms. The van der Waals surface area contributed by atoms with Gasteiger partial charge in [-0.15, -0.1) is 0 Å². The average Bonchev–Trinajstić information content (AvgIpc) is 2.72. The number of nitrogens with zero attached hydrogens (tertiary/aromatic N) is 2. The lowest BCUT2D eigenvalue weighted by atomic mass is 10.0. The van der Waals surface area contributed by atoms with Gasteiger partial charge in [0, 0.05) is 7.05 Å². The van der Waals surface area contributed by atoms with Crippen LogP contribution in [0.5, 0.6) is 5.75 Å². The van der Waals surface area contributed by atoms with Crippen LogP contribution in [0.25, 0.3) is 0 Å². The van der Waals surface area contributed by atoms with E-state index in [1.165, 1.54) is 0 Å². The van der Waals surface area contributed by atoms with Gasteiger partial charge < -0.3 is 10.1 Å². The first-order valence-electron chi connectivity index (χ1n) is 5.66. The minimum absolute atomic E-state index is 0.0101. The summed E-state index contributed by atoms with van der Waals surface area (Å²) in [6, 6.07) is 7.91. The fourth-order valence-corrected chi connectivity index (χ4v) is 2.28. The van der Waals surface area contributed by atoms with Crippen LogP contribution in [-0.4, -0.2) is 23.9 Å². The van der Waals surface area contributed by atoms with E-state index in [4.69, 9.17) is 16.3 Å². The Morgan fingerprint density at radius 1 is 1.33 bits per heavy atom. The number of aryl methyl sites for hydroxylation is 1. The van der Waals surface area contributed by atoms with Crippen molar-refractivity contribution in [3.8, 4) is 5.75 Å². The summed E-state index contributed by atoms with van der Waals surface area (Å²) >= 11 is 6.18. The Labute approximate surface area is 112 Å². The van der Waals surface area contributed by atoms with Crippen LogP contribution in [0.2, 0.25) is 5.02 Å². The Balaban J connectivity index is 2.39. The Morgan fingerprint density at radius 3 is 2.44 bits per heavy atom. The van der Waals surface area contributed by atoms with Crippen molar-refractivity contribution in [2.24, 2.45) is 7.05 Å². The largest absolute Gasteiger partial charge is 0.497 e. The maximum Gasteiger partial charge on any atom is 0.118 e. The second-order valence-corrected chi connectivity index (χ2v) is 4.40. The number of halogens is 1. The summed E-state index contributed by atoms with van der Waals surface area (Å²) in [7, 11) is 5.44. The van der Waals surface area contributed by atoms with Crippen molar-refractivity contribution in [3.63, 3.8) is 0 Å². The molecular weight excluding hydrogens is 250 g/mol. The second kappa shape index (κ2) is 5.42. The minimum Gasteiger partial charge on any atom is -0.497 e. The molecule has 1 N–H and O–H groups in total. The Morgan fingerprint density at radius 2 is 2.00 bits per heavy atom. The number of hydrogen-bond acceptors (Lipinski definition) is 3. The lowest BCUT2D eigenvalue weighted by molar-refractivity contribution is 0.414. The third-order valence-electron chi connectivity index (χ3n) is 2.95. The van der Waals surface area contributed by atoms with Crippen LogP contribution in [0.1, 0.15) is 17.3 Å². The van der Waals surface area contributed by atoms with Crippen LogP contribution < -0.4 is 10.1 Å². The molecule has 0 spiro atoms. The van der Waals surface area contributed by atoms with Crippen molar-refractivity contribution in [1.29, 1.82) is 0 Å². The quantitative estimate of drug-likeness (QED) is 0.923. The maximum absolute atomic E-state index is 6.18. The van der Waals surface area contributed by atoms with E-state index in [0.29, 0.717) is 5.02 Å². The highest BCUT2D eigenvalue weighted by molar-refractivity contribution is 6.31. The standard InChI is InChI=1S/C13H16ClN3O/c1-15-12(13-11(14)8-16-17(13)2)9-4-6-10(18-3)7-5-9/h4-8,12,15H,1-3H3. The molecule has 0 saturated carbocycles. The van der Waals surface area contributed by atoms with E-state index in [0.717, 1.165) is 17.0 Å². The Hall–Kier alpha value is -1.52. The molecular formula is C13H16ClN3O. The van der Waals surface area contributed by atoms with Crippen molar-refractivity contribution in [2.75, 3.05) is 14.2 Å². The van der Waals surface area contributed by atoms with Crippen molar-refractivity contribution in [3.05, 3.63) is 46.7 Å². The fraction of sp³-hybridized carbons (Fsp3) is 0.308. The smallest absolute Gasteiger partial charge is 0.118 e. The zero-order valence-electron chi connectivity index (χ0n) is 10.6. The number of nitrogens with one attached hydrogen (secondary N) is 1. The number of rotatable bonds is 4. The molecule has 1 aromatic heterocycles. The number of hydrogen-bond donors (Lipinski definition) is 1. The summed E-state index contributed by atoms with van der Waals surface area (Å²) in [6.07, 6.45) is 1.66. The summed E-state index contributed by atoms with van der Waals surface area (Å²) in [5.74, 6) is 0.838. The minimum atomic E-state index is 0.0101. The molecule has 2 aromatic rings. The van der Waals surface area contributed by atoms with E-state index >= 15 is 0 Å². The third kappa shape index (κ3) is 2.35. The zero-order valence-corrected chi connectivity index (χ0v) is 11.4. The molecule has 2 rings (SSSR count). The second-order valence-electron chi connectivity index (χ2n) is 4.00. The Bertz CT molecular complexity index is 502. The first-order chi connectivity index (χ1) is 8.67. The number of methoxy groups -OCH3 is 1. The van der Waals surface area contributed by atoms with Crippen LogP contribution in [0.3, 0.4) is 0 Å². The van der Waals surface area contributed by atoms with E-state index in [1.54, 1.807) is 18.0 Å². The van der Waals surface area contributed by atoms with E-state index in [-0.39, 0.29) is 6.04 Å². The highest BCUT2D eigenvalue weighted by Crippen LogP contribution is 2.28. The molecule has 0 aliphatic carbocycles. The van der Waals surface area contributed by atoms with E-state index in [9.17, 15) is 0 Å². The van der Waals surface area contributed by atoms with Gasteiger partial charge in [-0.2, -0.15) is 5.10 Å². The lowest BCUT2D eigenvalue weighted by Gasteiger charge is -2.18. The predicted octanol–water partition coefficient (Wildman–Crippen LogP) is 2.39. The topological polar surface area (TPSA) is 39.1 Å². The third-order valence-corrected chi connectivity index (χ3v) is 3.24. The molecule has 1 aromatic carbocycles. The molecule has 0 saturated heterocycles. The number of benzene rings is 1. The molecule has 1 unspecified atom stereocenters. The average molecular weight is 266 g/mol. The zero-order chi connectivity index (χ0) is 13.1. The van der Waals surface area contributed by atoms with Gasteiger partial charge in [0.2, 0.25) is 0 Å². The molecule has 0 fully saturated rings. The fourth-order valence-electron chi connectivity index (χ4n) is 2.00. The molecule has 1 heterocycles. The molecule has 18 heavy (non-hydrogen) atoms. The SMILES string of the molecule is CNC(c1ccc(OC)cc1)c1c(Cl)cnn1C. The van der Waals surface area contributed by atoms with Gasteiger partial charge in [-0.1, -0.05) is 23.7 Å². The first kappa shape index (κ1) is 12.9. The van der Waals surface area contributed by atoms with Gasteiger partial charge in [-0.05, 0) is 24.7 Å². The molecule has 0 aliphatic heterocycles. The summed E-state index contributed by atoms with van der Waals surface area (Å²) in [5, 5.41) is 8.08. The van der Waals surface area contributed by atoms with E-state index in [1.807, 2.05) is 38.4 Å². The molecule has 0 aliphatic rings. The summed E-state index contributed by atoms with van der Waals surface area (Å²) in [6.45, 7) is 0. The molecule has 5 heteroatoms. The molecule has 0 amide bonds. The van der Waals surface area contributed by atoms with Crippen molar-refractivity contribution in [1.82, 2.24) is 15.1 Å². The van der Waals surface area contributed by atoms with Crippen molar-refractivity contribution < 1.29 is 4.74 Å². The van der Waals surface area contributed by atoms with Gasteiger partial charge in [-0.25, -0.2) is 0 Å². The number of aromatic nitrogens is 2. The first-order valence-corrected chi connectivity index (χ1v) is 6.03. The lowest BCUT2D eigenvalue weighted by Crippen LogP contribution is -2.20. The normalized spacial score (nSPS) is 12.4. The maximum atomic E-state index is 6.18. The van der Waals surface area contributed by atoms with Gasteiger partial charge in [-0.3, -0.25) is 4.68 Å². The summed E-state index contributed by atoms with van der Waals surface area (Å²) < 4.78 is 6.94. The summed E-state index contributed by atoms with van der Waals surface area (Å²) in [4.78, 5) is 0. The summed E-state index contributed by atoms with van der Waals surface area (Å²) in [5.41, 5.74) is 2.06. The predicted molar refractivity (Wildman–Crippen MR) is 72.1 cm³/mol.